The Bertz CT molecular complexity index is 405. The van der Waals surface area contributed by atoms with E-state index < -0.39 is 0 Å². The van der Waals surface area contributed by atoms with Crippen molar-refractivity contribution in [2.75, 3.05) is 6.54 Å². The minimum Gasteiger partial charge on any atom is -0.336 e. The summed E-state index contributed by atoms with van der Waals surface area (Å²) in [5, 5.41) is 3.30. The molecule has 94 valence electrons. The first-order valence-electron chi connectivity index (χ1n) is 5.85. The molecule has 5 heteroatoms. The number of halogens is 1. The molecule has 0 saturated carbocycles. The minimum absolute atomic E-state index is 0.00886. The molecule has 0 spiro atoms. The lowest BCUT2D eigenvalue weighted by molar-refractivity contribution is -0.130. The molecular weight excluding hydrogens is 256 g/mol. The van der Waals surface area contributed by atoms with Gasteiger partial charge in [0, 0.05) is 17.5 Å². The molecule has 1 aromatic heterocycles. The third-order valence-corrected chi connectivity index (χ3v) is 4.02. The number of hydrogen-bond acceptors (Lipinski definition) is 3. The Morgan fingerprint density at radius 2 is 2.35 bits per heavy atom. The molecule has 2 heterocycles. The third kappa shape index (κ3) is 3.21. The van der Waals surface area contributed by atoms with Crippen LogP contribution in [0, 0.1) is 0 Å². The molecule has 1 saturated heterocycles. The molecule has 0 aliphatic carbocycles. The van der Waals surface area contributed by atoms with Crippen molar-refractivity contribution in [3.8, 4) is 0 Å². The van der Waals surface area contributed by atoms with E-state index in [1.54, 1.807) is 11.3 Å². The number of nitrogens with one attached hydrogen (secondary N) is 1. The van der Waals surface area contributed by atoms with Gasteiger partial charge < -0.3 is 10.2 Å². The summed E-state index contributed by atoms with van der Waals surface area (Å²) in [5.74, 6) is 0.211. The number of thiophene rings is 1. The van der Waals surface area contributed by atoms with E-state index in [0.29, 0.717) is 12.6 Å². The Balaban J connectivity index is 1.93. The smallest absolute Gasteiger partial charge is 0.240 e. The molecule has 0 radical (unpaired) electrons. The van der Waals surface area contributed by atoms with E-state index in [4.69, 9.17) is 11.6 Å². The lowest BCUT2D eigenvalue weighted by atomic mass is 10.2. The Morgan fingerprint density at radius 3 is 2.94 bits per heavy atom. The van der Waals surface area contributed by atoms with Gasteiger partial charge in [-0.2, -0.15) is 0 Å². The van der Waals surface area contributed by atoms with E-state index in [1.165, 1.54) is 0 Å². The zero-order valence-electron chi connectivity index (χ0n) is 10.1. The van der Waals surface area contributed by atoms with Gasteiger partial charge in [-0.15, -0.1) is 11.3 Å². The maximum Gasteiger partial charge on any atom is 0.240 e. The van der Waals surface area contributed by atoms with Gasteiger partial charge in [0.1, 0.15) is 0 Å². The second-order valence-electron chi connectivity index (χ2n) is 4.63. The number of carbonyl (C=O) groups excluding carboxylic acids is 1. The highest BCUT2D eigenvalue weighted by atomic mass is 35.5. The van der Waals surface area contributed by atoms with E-state index in [-0.39, 0.29) is 11.9 Å². The molecule has 1 fully saturated rings. The highest BCUT2D eigenvalue weighted by Crippen LogP contribution is 2.24. The molecule has 0 aromatic carbocycles. The quantitative estimate of drug-likeness (QED) is 0.913. The lowest BCUT2D eigenvalue weighted by Crippen LogP contribution is -2.41. The Hall–Kier alpha value is -0.580. The SMILES string of the molecule is CC(C)NC1CCN(Cc2ccc(Cl)s2)C1=O. The number of rotatable bonds is 4. The number of nitrogens with zero attached hydrogens (tertiary/aromatic N) is 1. The summed E-state index contributed by atoms with van der Waals surface area (Å²) in [6.07, 6.45) is 0.899. The average Bonchev–Trinajstić information content (AvgIpc) is 2.79. The summed E-state index contributed by atoms with van der Waals surface area (Å²) in [6, 6.07) is 4.21. The van der Waals surface area contributed by atoms with Crippen molar-refractivity contribution in [3.05, 3.63) is 21.3 Å². The summed E-state index contributed by atoms with van der Waals surface area (Å²) in [5.41, 5.74) is 0. The average molecular weight is 273 g/mol. The summed E-state index contributed by atoms with van der Waals surface area (Å²) < 4.78 is 0.781. The maximum absolute atomic E-state index is 12.1. The fourth-order valence-electron chi connectivity index (χ4n) is 2.08. The molecule has 1 N–H and O–H groups in total. The fourth-order valence-corrected chi connectivity index (χ4v) is 3.18. The molecule has 17 heavy (non-hydrogen) atoms. The predicted molar refractivity (Wildman–Crippen MR) is 71.4 cm³/mol. The molecule has 0 bridgehead atoms. The van der Waals surface area contributed by atoms with Gasteiger partial charge in [-0.25, -0.2) is 0 Å². The summed E-state index contributed by atoms with van der Waals surface area (Å²) >= 11 is 7.43. The second-order valence-corrected chi connectivity index (χ2v) is 6.43. The Kier molecular flexibility index (Phi) is 4.07. The van der Waals surface area contributed by atoms with E-state index in [0.717, 1.165) is 22.2 Å². The van der Waals surface area contributed by atoms with Crippen LogP contribution in [0.4, 0.5) is 0 Å². The van der Waals surface area contributed by atoms with Gasteiger partial charge in [0.05, 0.1) is 16.9 Å². The van der Waals surface area contributed by atoms with Crippen molar-refractivity contribution in [3.63, 3.8) is 0 Å². The van der Waals surface area contributed by atoms with E-state index >= 15 is 0 Å². The van der Waals surface area contributed by atoms with Crippen molar-refractivity contribution in [1.82, 2.24) is 10.2 Å². The van der Waals surface area contributed by atoms with Crippen LogP contribution in [0.1, 0.15) is 25.1 Å². The predicted octanol–water partition coefficient (Wildman–Crippen LogP) is 2.50. The standard InChI is InChI=1S/C12H17ClN2OS/c1-8(2)14-10-5-6-15(12(10)16)7-9-3-4-11(13)17-9/h3-4,8,10,14H,5-7H2,1-2H3. The van der Waals surface area contributed by atoms with Crippen LogP contribution in [0.25, 0.3) is 0 Å². The molecule has 1 aliphatic heterocycles. The van der Waals surface area contributed by atoms with Crippen LogP contribution in [0.15, 0.2) is 12.1 Å². The van der Waals surface area contributed by atoms with Crippen LogP contribution in [0.2, 0.25) is 4.34 Å². The Morgan fingerprint density at radius 1 is 1.59 bits per heavy atom. The highest BCUT2D eigenvalue weighted by molar-refractivity contribution is 7.16. The monoisotopic (exact) mass is 272 g/mol. The van der Waals surface area contributed by atoms with Gasteiger partial charge in [-0.05, 0) is 18.6 Å². The Labute approximate surface area is 111 Å². The largest absolute Gasteiger partial charge is 0.336 e. The van der Waals surface area contributed by atoms with Crippen LogP contribution in [0.5, 0.6) is 0 Å². The van der Waals surface area contributed by atoms with Crippen molar-refractivity contribution >= 4 is 28.8 Å². The minimum atomic E-state index is -0.00886. The molecule has 1 aliphatic rings. The molecule has 1 atom stereocenters. The lowest BCUT2D eigenvalue weighted by Gasteiger charge is -2.17. The van der Waals surface area contributed by atoms with Crippen molar-refractivity contribution in [1.29, 1.82) is 0 Å². The molecule has 3 nitrogen and oxygen atoms in total. The zero-order chi connectivity index (χ0) is 12.4. The van der Waals surface area contributed by atoms with Gasteiger partial charge in [0.15, 0.2) is 0 Å². The molecule has 2 rings (SSSR count). The van der Waals surface area contributed by atoms with Gasteiger partial charge >= 0.3 is 0 Å². The topological polar surface area (TPSA) is 32.3 Å². The first-order valence-corrected chi connectivity index (χ1v) is 7.05. The summed E-state index contributed by atoms with van der Waals surface area (Å²) in [6.45, 7) is 5.65. The number of likely N-dealkylation sites (tertiary alicyclic amines) is 1. The fraction of sp³-hybridized carbons (Fsp3) is 0.583. The summed E-state index contributed by atoms with van der Waals surface area (Å²) in [4.78, 5) is 15.1. The van der Waals surface area contributed by atoms with Crippen LogP contribution < -0.4 is 5.32 Å². The van der Waals surface area contributed by atoms with E-state index in [9.17, 15) is 4.79 Å². The van der Waals surface area contributed by atoms with Crippen LogP contribution in [-0.4, -0.2) is 29.4 Å². The van der Waals surface area contributed by atoms with Gasteiger partial charge in [0.2, 0.25) is 5.91 Å². The normalized spacial score (nSPS) is 20.6. The molecular formula is C12H17ClN2OS. The van der Waals surface area contributed by atoms with Crippen LogP contribution in [-0.2, 0) is 11.3 Å². The van der Waals surface area contributed by atoms with Crippen molar-refractivity contribution in [2.45, 2.75) is 38.9 Å². The van der Waals surface area contributed by atoms with Gasteiger partial charge in [-0.1, -0.05) is 25.4 Å². The maximum atomic E-state index is 12.1. The van der Waals surface area contributed by atoms with Gasteiger partial charge in [0.25, 0.3) is 0 Å². The molecule has 1 unspecified atom stereocenters. The first kappa shape index (κ1) is 12.9. The van der Waals surface area contributed by atoms with Crippen LogP contribution >= 0.6 is 22.9 Å². The summed E-state index contributed by atoms with van der Waals surface area (Å²) in [7, 11) is 0. The van der Waals surface area contributed by atoms with Crippen molar-refractivity contribution in [2.24, 2.45) is 0 Å². The third-order valence-electron chi connectivity index (χ3n) is 2.81. The molecule has 1 amide bonds. The van der Waals surface area contributed by atoms with E-state index in [2.05, 4.69) is 19.2 Å². The van der Waals surface area contributed by atoms with E-state index in [1.807, 2.05) is 17.0 Å². The second kappa shape index (κ2) is 5.38. The number of carbonyl (C=O) groups is 1. The zero-order valence-corrected chi connectivity index (χ0v) is 11.6. The highest BCUT2D eigenvalue weighted by Gasteiger charge is 2.31. The van der Waals surface area contributed by atoms with Gasteiger partial charge in [-0.3, -0.25) is 4.79 Å². The van der Waals surface area contributed by atoms with Crippen LogP contribution in [0.3, 0.4) is 0 Å². The first-order chi connectivity index (χ1) is 8.06. The number of amides is 1. The number of hydrogen-bond donors (Lipinski definition) is 1. The molecule has 1 aromatic rings. The van der Waals surface area contributed by atoms with Crippen molar-refractivity contribution < 1.29 is 4.79 Å².